The van der Waals surface area contributed by atoms with Crippen LogP contribution in [0.4, 0.5) is 0 Å². The zero-order valence-electron chi connectivity index (χ0n) is 19.3. The SMILES string of the molecule is CC(C)(C)OC(=O)[C@@H]1CC[C@H]2CC[C@](Cc3ccccc3)(NCc3ccccc3)C(=O)N21. The van der Waals surface area contributed by atoms with Crippen LogP contribution in [-0.2, 0) is 27.3 Å². The third kappa shape index (κ3) is 4.88. The summed E-state index contributed by atoms with van der Waals surface area (Å²) in [6.45, 7) is 6.22. The number of nitrogens with zero attached hydrogens (tertiary/aromatic N) is 1. The standard InChI is InChI=1S/C27H34N2O3/c1-26(2,3)32-24(30)23-15-14-22-16-17-27(25(31)29(22)23,18-20-10-6-4-7-11-20)28-19-21-12-8-5-9-13-21/h4-13,22-23,28H,14-19H2,1-3H3/t22-,23-,27+/m0/s1. The first-order chi connectivity index (χ1) is 15.3. The molecule has 0 aliphatic carbocycles. The summed E-state index contributed by atoms with van der Waals surface area (Å²) in [5, 5.41) is 3.63. The predicted molar refractivity (Wildman–Crippen MR) is 125 cm³/mol. The van der Waals surface area contributed by atoms with Gasteiger partial charge >= 0.3 is 5.97 Å². The van der Waals surface area contributed by atoms with Gasteiger partial charge < -0.3 is 9.64 Å². The van der Waals surface area contributed by atoms with Gasteiger partial charge in [-0.2, -0.15) is 0 Å². The minimum absolute atomic E-state index is 0.0295. The maximum absolute atomic E-state index is 14.1. The molecule has 1 amide bonds. The molecule has 2 fully saturated rings. The molecule has 0 radical (unpaired) electrons. The van der Waals surface area contributed by atoms with Gasteiger partial charge in [-0.25, -0.2) is 4.79 Å². The smallest absolute Gasteiger partial charge is 0.329 e. The maximum atomic E-state index is 14.1. The first-order valence-corrected chi connectivity index (χ1v) is 11.7. The van der Waals surface area contributed by atoms with E-state index in [0.717, 1.165) is 30.4 Å². The highest BCUT2D eigenvalue weighted by molar-refractivity contribution is 5.92. The van der Waals surface area contributed by atoms with Gasteiger partial charge in [-0.15, -0.1) is 0 Å². The average molecular weight is 435 g/mol. The monoisotopic (exact) mass is 434 g/mol. The molecule has 0 saturated carbocycles. The fourth-order valence-electron chi connectivity index (χ4n) is 5.04. The summed E-state index contributed by atoms with van der Waals surface area (Å²) < 4.78 is 5.68. The van der Waals surface area contributed by atoms with Crippen molar-refractivity contribution in [2.75, 3.05) is 0 Å². The number of benzene rings is 2. The molecule has 2 saturated heterocycles. The van der Waals surface area contributed by atoms with Gasteiger partial charge in [0.15, 0.2) is 0 Å². The van der Waals surface area contributed by atoms with E-state index in [2.05, 4.69) is 29.6 Å². The van der Waals surface area contributed by atoms with Gasteiger partial charge in [-0.05, 0) is 64.0 Å². The highest BCUT2D eigenvalue weighted by Crippen LogP contribution is 2.39. The lowest BCUT2D eigenvalue weighted by atomic mass is 9.79. The van der Waals surface area contributed by atoms with E-state index in [9.17, 15) is 9.59 Å². The quantitative estimate of drug-likeness (QED) is 0.691. The summed E-state index contributed by atoms with van der Waals surface area (Å²) in [4.78, 5) is 28.9. The minimum Gasteiger partial charge on any atom is -0.458 e. The van der Waals surface area contributed by atoms with Crippen LogP contribution in [0, 0.1) is 0 Å². The number of esters is 1. The van der Waals surface area contributed by atoms with Crippen molar-refractivity contribution in [1.29, 1.82) is 0 Å². The van der Waals surface area contributed by atoms with Crippen molar-refractivity contribution in [3.8, 4) is 0 Å². The number of nitrogens with one attached hydrogen (secondary N) is 1. The molecule has 2 aliphatic rings. The van der Waals surface area contributed by atoms with Gasteiger partial charge in [0.1, 0.15) is 17.2 Å². The van der Waals surface area contributed by atoms with E-state index in [4.69, 9.17) is 4.74 Å². The Bertz CT molecular complexity index is 938. The molecule has 5 heteroatoms. The second-order valence-corrected chi connectivity index (χ2v) is 10.1. The largest absolute Gasteiger partial charge is 0.458 e. The third-order valence-corrected chi connectivity index (χ3v) is 6.55. The first-order valence-electron chi connectivity index (χ1n) is 11.7. The van der Waals surface area contributed by atoms with Crippen LogP contribution in [0.5, 0.6) is 0 Å². The van der Waals surface area contributed by atoms with Crippen molar-refractivity contribution >= 4 is 11.9 Å². The van der Waals surface area contributed by atoms with Crippen molar-refractivity contribution in [2.24, 2.45) is 0 Å². The highest BCUT2D eigenvalue weighted by Gasteiger charge is 2.53. The summed E-state index contributed by atoms with van der Waals surface area (Å²) in [6.07, 6.45) is 3.78. The average Bonchev–Trinajstić information content (AvgIpc) is 3.20. The van der Waals surface area contributed by atoms with Crippen LogP contribution in [0.25, 0.3) is 0 Å². The number of amides is 1. The van der Waals surface area contributed by atoms with Crippen molar-refractivity contribution in [3.63, 3.8) is 0 Å². The number of carbonyl (C=O) groups is 2. The normalized spacial score (nSPS) is 25.5. The molecule has 0 spiro atoms. The Morgan fingerprint density at radius 1 is 1.00 bits per heavy atom. The number of piperidine rings is 1. The fraction of sp³-hybridized carbons (Fsp3) is 0.481. The van der Waals surface area contributed by atoms with Crippen LogP contribution in [0.3, 0.4) is 0 Å². The van der Waals surface area contributed by atoms with Crippen LogP contribution >= 0.6 is 0 Å². The first kappa shape index (κ1) is 22.5. The fourth-order valence-corrected chi connectivity index (χ4v) is 5.04. The molecule has 2 aromatic rings. The third-order valence-electron chi connectivity index (χ3n) is 6.55. The van der Waals surface area contributed by atoms with Crippen molar-refractivity contribution in [1.82, 2.24) is 10.2 Å². The highest BCUT2D eigenvalue weighted by atomic mass is 16.6. The molecule has 1 N–H and O–H groups in total. The van der Waals surface area contributed by atoms with E-state index < -0.39 is 17.2 Å². The number of rotatable bonds is 6. The molecule has 2 aromatic carbocycles. The van der Waals surface area contributed by atoms with Gasteiger partial charge in [-0.1, -0.05) is 60.7 Å². The van der Waals surface area contributed by atoms with Crippen LogP contribution in [0.15, 0.2) is 60.7 Å². The second kappa shape index (κ2) is 9.07. The molecular weight excluding hydrogens is 400 g/mol. The Kier molecular flexibility index (Phi) is 6.38. The molecule has 3 atom stereocenters. The maximum Gasteiger partial charge on any atom is 0.329 e. The number of hydrogen-bond acceptors (Lipinski definition) is 4. The summed E-state index contributed by atoms with van der Waals surface area (Å²) in [6, 6.07) is 19.9. The summed E-state index contributed by atoms with van der Waals surface area (Å²) in [5.74, 6) is -0.256. The lowest BCUT2D eigenvalue weighted by Crippen LogP contribution is -2.65. The zero-order valence-corrected chi connectivity index (χ0v) is 19.3. The Hall–Kier alpha value is -2.66. The number of hydrogen-bond donors (Lipinski definition) is 1. The van der Waals surface area contributed by atoms with E-state index in [-0.39, 0.29) is 17.9 Å². The van der Waals surface area contributed by atoms with E-state index in [1.807, 2.05) is 62.1 Å². The molecule has 0 aromatic heterocycles. The van der Waals surface area contributed by atoms with E-state index in [1.165, 1.54) is 0 Å². The Balaban J connectivity index is 1.61. The van der Waals surface area contributed by atoms with Crippen molar-refractivity contribution in [3.05, 3.63) is 71.8 Å². The number of fused-ring (bicyclic) bond motifs is 1. The lowest BCUT2D eigenvalue weighted by Gasteiger charge is -2.46. The molecule has 0 unspecified atom stereocenters. The molecule has 2 aliphatic heterocycles. The van der Waals surface area contributed by atoms with Crippen LogP contribution < -0.4 is 5.32 Å². The Morgan fingerprint density at radius 2 is 1.62 bits per heavy atom. The molecule has 32 heavy (non-hydrogen) atoms. The van der Waals surface area contributed by atoms with E-state index >= 15 is 0 Å². The number of ether oxygens (including phenoxy) is 1. The topological polar surface area (TPSA) is 58.6 Å². The number of carbonyl (C=O) groups excluding carboxylic acids is 2. The lowest BCUT2D eigenvalue weighted by molar-refractivity contribution is -0.167. The summed E-state index contributed by atoms with van der Waals surface area (Å²) >= 11 is 0. The predicted octanol–water partition coefficient (Wildman–Crippen LogP) is 4.25. The van der Waals surface area contributed by atoms with Gasteiger partial charge in [0.25, 0.3) is 0 Å². The van der Waals surface area contributed by atoms with Gasteiger partial charge in [0.05, 0.1) is 0 Å². The van der Waals surface area contributed by atoms with Crippen LogP contribution in [0.2, 0.25) is 0 Å². The second-order valence-electron chi connectivity index (χ2n) is 10.1. The Morgan fingerprint density at radius 3 is 2.25 bits per heavy atom. The molecule has 170 valence electrons. The minimum atomic E-state index is -0.738. The molecule has 5 nitrogen and oxygen atoms in total. The van der Waals surface area contributed by atoms with E-state index in [0.29, 0.717) is 19.4 Å². The van der Waals surface area contributed by atoms with Crippen molar-refractivity contribution in [2.45, 2.75) is 82.6 Å². The van der Waals surface area contributed by atoms with Crippen LogP contribution in [0.1, 0.15) is 57.6 Å². The van der Waals surface area contributed by atoms with Gasteiger partial charge in [-0.3, -0.25) is 10.1 Å². The van der Waals surface area contributed by atoms with E-state index in [1.54, 1.807) is 0 Å². The Labute approximate surface area is 191 Å². The summed E-state index contributed by atoms with van der Waals surface area (Å²) in [7, 11) is 0. The molecule has 0 bridgehead atoms. The van der Waals surface area contributed by atoms with Gasteiger partial charge in [0.2, 0.25) is 5.91 Å². The van der Waals surface area contributed by atoms with Crippen LogP contribution in [-0.4, -0.2) is 40.0 Å². The molecular formula is C27H34N2O3. The summed E-state index contributed by atoms with van der Waals surface area (Å²) in [5.41, 5.74) is 0.951. The molecule has 4 rings (SSSR count). The molecule has 2 heterocycles. The van der Waals surface area contributed by atoms with Gasteiger partial charge in [0, 0.05) is 12.6 Å². The zero-order chi connectivity index (χ0) is 22.8. The van der Waals surface area contributed by atoms with Crippen molar-refractivity contribution < 1.29 is 14.3 Å².